The number of rotatable bonds is 3. The predicted molar refractivity (Wildman–Crippen MR) is 111 cm³/mol. The van der Waals surface area contributed by atoms with Gasteiger partial charge < -0.3 is 14.9 Å². The van der Waals surface area contributed by atoms with Crippen molar-refractivity contribution >= 4 is 17.7 Å². The van der Waals surface area contributed by atoms with Crippen molar-refractivity contribution in [3.05, 3.63) is 48.0 Å². The molecule has 31 heavy (non-hydrogen) atoms. The Hall–Kier alpha value is -2.47. The van der Waals surface area contributed by atoms with Crippen molar-refractivity contribution in [1.82, 2.24) is 0 Å². The van der Waals surface area contributed by atoms with Crippen LogP contribution in [-0.4, -0.2) is 40.1 Å². The molecule has 3 fully saturated rings. The number of allylic oxidation sites excluding steroid dienone is 2. The van der Waals surface area contributed by atoms with Gasteiger partial charge in [0.25, 0.3) is 0 Å². The number of carboxylic acid groups (broad SMARTS) is 1. The lowest BCUT2D eigenvalue weighted by Gasteiger charge is -2.56. The zero-order valence-corrected chi connectivity index (χ0v) is 17.7. The highest BCUT2D eigenvalue weighted by molar-refractivity contribution is 6.07. The number of hydrogen-bond donors (Lipinski definition) is 2. The fourth-order valence-corrected chi connectivity index (χ4v) is 7.37. The average Bonchev–Trinajstić information content (AvgIpc) is 3.30. The van der Waals surface area contributed by atoms with Crippen molar-refractivity contribution in [1.29, 1.82) is 0 Å². The number of Topliss-reactive ketones (excluding diaryl/α,β-unsaturated/α-hetero) is 1. The number of fused-ring (bicyclic) bond motifs is 6. The minimum absolute atomic E-state index is 0.0546. The highest BCUT2D eigenvalue weighted by Gasteiger charge is 2.73. The minimum atomic E-state index is -1.62. The molecular weight excluding hydrogens is 396 g/mol. The first-order valence-electron chi connectivity index (χ1n) is 11.2. The topological polar surface area (TPSA) is 101 Å². The summed E-state index contributed by atoms with van der Waals surface area (Å²) in [7, 11) is 0. The van der Waals surface area contributed by atoms with E-state index in [9.17, 15) is 24.6 Å². The lowest BCUT2D eigenvalue weighted by atomic mass is 9.46. The molecule has 2 unspecified atom stereocenters. The SMILES string of the molecule is C[C@@H]1C=C[C@H](C)[C@H]2[C@H](OC(=O)c3ccccc3)C3C(C(=O)[C@@]21C(=O)O)[C@H]1C[C@H]3[C@@H](O)C1. The summed E-state index contributed by atoms with van der Waals surface area (Å²) in [6.45, 7) is 3.67. The maximum Gasteiger partial charge on any atom is 0.338 e. The van der Waals surface area contributed by atoms with E-state index in [1.54, 1.807) is 31.2 Å². The van der Waals surface area contributed by atoms with Crippen molar-refractivity contribution < 1.29 is 29.3 Å². The van der Waals surface area contributed by atoms with Crippen molar-refractivity contribution in [2.75, 3.05) is 0 Å². The molecule has 0 amide bonds. The van der Waals surface area contributed by atoms with Crippen LogP contribution in [0.2, 0.25) is 0 Å². The Morgan fingerprint density at radius 2 is 1.81 bits per heavy atom. The third-order valence-corrected chi connectivity index (χ3v) is 8.59. The van der Waals surface area contributed by atoms with Crippen LogP contribution in [0.1, 0.15) is 37.0 Å². The first-order valence-corrected chi connectivity index (χ1v) is 11.2. The first-order chi connectivity index (χ1) is 14.8. The van der Waals surface area contributed by atoms with Crippen molar-refractivity contribution in [3.63, 3.8) is 0 Å². The largest absolute Gasteiger partial charge is 0.480 e. The molecule has 6 heteroatoms. The van der Waals surface area contributed by atoms with E-state index in [4.69, 9.17) is 4.74 Å². The molecule has 5 rings (SSSR count). The summed E-state index contributed by atoms with van der Waals surface area (Å²) in [5.74, 6) is -4.32. The van der Waals surface area contributed by atoms with Crippen LogP contribution in [0.4, 0.5) is 0 Å². The highest BCUT2D eigenvalue weighted by Crippen LogP contribution is 2.65. The van der Waals surface area contributed by atoms with E-state index in [1.807, 2.05) is 25.1 Å². The maximum absolute atomic E-state index is 13.9. The van der Waals surface area contributed by atoms with Gasteiger partial charge in [0.1, 0.15) is 11.5 Å². The Kier molecular flexibility index (Phi) is 4.63. The van der Waals surface area contributed by atoms with Crippen LogP contribution in [0.25, 0.3) is 0 Å². The molecule has 4 aliphatic carbocycles. The maximum atomic E-state index is 13.9. The lowest BCUT2D eigenvalue weighted by Crippen LogP contribution is -2.67. The van der Waals surface area contributed by atoms with Gasteiger partial charge in [-0.25, -0.2) is 4.79 Å². The number of hydrogen-bond acceptors (Lipinski definition) is 5. The van der Waals surface area contributed by atoms with Gasteiger partial charge >= 0.3 is 11.9 Å². The molecule has 164 valence electrons. The van der Waals surface area contributed by atoms with Gasteiger partial charge in [0.15, 0.2) is 5.78 Å². The summed E-state index contributed by atoms with van der Waals surface area (Å²) in [5, 5.41) is 21.1. The van der Waals surface area contributed by atoms with Gasteiger partial charge in [-0.2, -0.15) is 0 Å². The summed E-state index contributed by atoms with van der Waals surface area (Å²) in [4.78, 5) is 39.8. The van der Waals surface area contributed by atoms with Crippen LogP contribution in [0.15, 0.2) is 42.5 Å². The zero-order valence-electron chi connectivity index (χ0n) is 17.7. The molecule has 1 aromatic carbocycles. The van der Waals surface area contributed by atoms with Gasteiger partial charge in [0.05, 0.1) is 11.7 Å². The normalized spacial score (nSPS) is 45.1. The Morgan fingerprint density at radius 3 is 2.48 bits per heavy atom. The van der Waals surface area contributed by atoms with Gasteiger partial charge in [-0.3, -0.25) is 9.59 Å². The van der Waals surface area contributed by atoms with Crippen LogP contribution < -0.4 is 0 Å². The number of ketones is 1. The number of benzene rings is 1. The van der Waals surface area contributed by atoms with E-state index >= 15 is 0 Å². The molecule has 10 atom stereocenters. The molecule has 3 saturated carbocycles. The number of carbonyl (C=O) groups is 3. The van der Waals surface area contributed by atoms with Crippen LogP contribution in [0.3, 0.4) is 0 Å². The summed E-state index contributed by atoms with van der Waals surface area (Å²) < 4.78 is 6.10. The molecule has 0 saturated heterocycles. The molecular formula is C25H28O6. The van der Waals surface area contributed by atoms with E-state index in [-0.39, 0.29) is 29.5 Å². The number of esters is 1. The third kappa shape index (κ3) is 2.63. The number of carboxylic acids is 1. The molecule has 1 aromatic rings. The zero-order chi connectivity index (χ0) is 22.1. The summed E-state index contributed by atoms with van der Waals surface area (Å²) in [5.41, 5.74) is -1.22. The second-order valence-electron chi connectivity index (χ2n) is 9.90. The molecule has 0 heterocycles. The van der Waals surface area contributed by atoms with E-state index in [1.165, 1.54) is 0 Å². The molecule has 2 N–H and O–H groups in total. The quantitative estimate of drug-likeness (QED) is 0.440. The predicted octanol–water partition coefficient (Wildman–Crippen LogP) is 2.96. The Morgan fingerprint density at radius 1 is 1.10 bits per heavy atom. The summed E-state index contributed by atoms with van der Waals surface area (Å²) in [6.07, 6.45) is 3.68. The molecule has 0 aromatic heterocycles. The Balaban J connectivity index is 1.64. The fraction of sp³-hybridized carbons (Fsp3) is 0.560. The smallest absolute Gasteiger partial charge is 0.338 e. The monoisotopic (exact) mass is 424 g/mol. The summed E-state index contributed by atoms with van der Waals surface area (Å²) in [6, 6.07) is 8.65. The van der Waals surface area contributed by atoms with Gasteiger partial charge in [0.2, 0.25) is 0 Å². The van der Waals surface area contributed by atoms with E-state index in [2.05, 4.69) is 0 Å². The third-order valence-electron chi connectivity index (χ3n) is 8.59. The van der Waals surface area contributed by atoms with E-state index < -0.39 is 47.3 Å². The number of aliphatic hydroxyl groups is 1. The summed E-state index contributed by atoms with van der Waals surface area (Å²) >= 11 is 0. The van der Waals surface area contributed by atoms with Gasteiger partial charge in [0, 0.05) is 17.8 Å². The Labute approximate surface area is 181 Å². The van der Waals surface area contributed by atoms with E-state index in [0.29, 0.717) is 18.4 Å². The molecule has 0 spiro atoms. The van der Waals surface area contributed by atoms with Crippen LogP contribution in [0.5, 0.6) is 0 Å². The van der Waals surface area contributed by atoms with Crippen molar-refractivity contribution in [3.8, 4) is 0 Å². The molecule has 0 aliphatic heterocycles. The molecule has 2 bridgehead atoms. The van der Waals surface area contributed by atoms with Gasteiger partial charge in [-0.15, -0.1) is 0 Å². The first kappa shape index (κ1) is 20.4. The number of aliphatic hydroxyl groups excluding tert-OH is 1. The fourth-order valence-electron chi connectivity index (χ4n) is 7.37. The lowest BCUT2D eigenvalue weighted by molar-refractivity contribution is -0.191. The minimum Gasteiger partial charge on any atom is -0.480 e. The van der Waals surface area contributed by atoms with Gasteiger partial charge in [-0.1, -0.05) is 44.2 Å². The second-order valence-corrected chi connectivity index (χ2v) is 9.90. The van der Waals surface area contributed by atoms with E-state index in [0.717, 1.165) is 0 Å². The highest BCUT2D eigenvalue weighted by atomic mass is 16.5. The van der Waals surface area contributed by atoms with Crippen LogP contribution >= 0.6 is 0 Å². The Bertz CT molecular complexity index is 954. The number of aliphatic carboxylic acids is 1. The van der Waals surface area contributed by atoms with Gasteiger partial charge in [-0.05, 0) is 48.6 Å². The number of carbonyl (C=O) groups excluding carboxylic acids is 2. The average molecular weight is 424 g/mol. The van der Waals surface area contributed by atoms with Crippen molar-refractivity contribution in [2.24, 2.45) is 46.8 Å². The standard InChI is InChI=1S/C25H28O6/c1-12-8-9-13(2)25(24(29)30)20(12)21(31-23(28)14-6-4-3-5-7-14)19-16-10-15(11-17(16)26)18(19)22(25)27/h3-9,12-13,15-21,26H,10-11H2,1-2H3,(H,29,30)/t12-,13+,15-,16-,17-,18?,19?,20-,21+,25-/m0/s1. The molecule has 0 radical (unpaired) electrons. The van der Waals surface area contributed by atoms with Crippen LogP contribution in [-0.2, 0) is 14.3 Å². The second kappa shape index (κ2) is 7.02. The van der Waals surface area contributed by atoms with Crippen molar-refractivity contribution in [2.45, 2.75) is 38.9 Å². The van der Waals surface area contributed by atoms with Crippen LogP contribution in [0, 0.1) is 46.8 Å². The molecule has 6 nitrogen and oxygen atoms in total. The molecule has 4 aliphatic rings. The number of ether oxygens (including phenoxy) is 1.